The first-order chi connectivity index (χ1) is 8.79. The summed E-state index contributed by atoms with van der Waals surface area (Å²) in [4.78, 5) is 0. The van der Waals surface area contributed by atoms with Gasteiger partial charge in [0, 0.05) is 6.04 Å². The molecule has 0 spiro atoms. The summed E-state index contributed by atoms with van der Waals surface area (Å²) >= 11 is 0. The second-order valence-corrected chi connectivity index (χ2v) is 5.47. The Kier molecular flexibility index (Phi) is 5.06. The molecule has 0 heterocycles. The van der Waals surface area contributed by atoms with E-state index in [-0.39, 0.29) is 0 Å². The van der Waals surface area contributed by atoms with E-state index in [2.05, 4.69) is 12.1 Å². The zero-order valence-electron chi connectivity index (χ0n) is 11.4. The second kappa shape index (κ2) is 6.79. The lowest BCUT2D eigenvalue weighted by atomic mass is 9.88. The van der Waals surface area contributed by atoms with Gasteiger partial charge in [0.1, 0.15) is 5.75 Å². The summed E-state index contributed by atoms with van der Waals surface area (Å²) < 4.78 is 5.26. The van der Waals surface area contributed by atoms with Crippen LogP contribution in [0.1, 0.15) is 44.1 Å². The summed E-state index contributed by atoms with van der Waals surface area (Å²) in [5, 5.41) is 0. The van der Waals surface area contributed by atoms with Crippen LogP contribution in [0.15, 0.2) is 24.3 Å². The highest BCUT2D eigenvalue weighted by Gasteiger charge is 2.19. The van der Waals surface area contributed by atoms with Gasteiger partial charge in [-0.25, -0.2) is 0 Å². The third-order valence-corrected chi connectivity index (χ3v) is 4.11. The summed E-state index contributed by atoms with van der Waals surface area (Å²) in [6.45, 7) is 0. The van der Waals surface area contributed by atoms with E-state index in [9.17, 15) is 0 Å². The predicted octanol–water partition coefficient (Wildman–Crippen LogP) is 3.54. The van der Waals surface area contributed by atoms with E-state index in [1.165, 1.54) is 44.1 Å². The van der Waals surface area contributed by atoms with Gasteiger partial charge in [0.15, 0.2) is 0 Å². The van der Waals surface area contributed by atoms with Gasteiger partial charge >= 0.3 is 0 Å². The Morgan fingerprint density at radius 1 is 1.22 bits per heavy atom. The smallest absolute Gasteiger partial charge is 0.119 e. The molecule has 0 aromatic heterocycles. The minimum atomic E-state index is 0.301. The molecule has 0 bridgehead atoms. The Bertz CT molecular complexity index is 356. The number of hydrogen-bond donors (Lipinski definition) is 1. The zero-order chi connectivity index (χ0) is 12.8. The van der Waals surface area contributed by atoms with Gasteiger partial charge < -0.3 is 10.5 Å². The van der Waals surface area contributed by atoms with Gasteiger partial charge in [-0.15, -0.1) is 0 Å². The van der Waals surface area contributed by atoms with Crippen molar-refractivity contribution in [2.45, 2.75) is 51.0 Å². The van der Waals surface area contributed by atoms with Crippen LogP contribution in [0.25, 0.3) is 0 Å². The van der Waals surface area contributed by atoms with Gasteiger partial charge in [-0.1, -0.05) is 37.8 Å². The monoisotopic (exact) mass is 247 g/mol. The summed E-state index contributed by atoms with van der Waals surface area (Å²) in [7, 11) is 1.71. The van der Waals surface area contributed by atoms with E-state index in [1.54, 1.807) is 7.11 Å². The maximum atomic E-state index is 6.40. The fraction of sp³-hybridized carbons (Fsp3) is 0.625. The maximum Gasteiger partial charge on any atom is 0.119 e. The molecule has 1 fully saturated rings. The highest BCUT2D eigenvalue weighted by Crippen LogP contribution is 2.26. The number of rotatable bonds is 4. The van der Waals surface area contributed by atoms with Crippen LogP contribution in [-0.4, -0.2) is 13.2 Å². The summed E-state index contributed by atoms with van der Waals surface area (Å²) in [5.41, 5.74) is 7.70. The molecule has 2 rings (SSSR count). The Morgan fingerprint density at radius 2 is 1.94 bits per heavy atom. The van der Waals surface area contributed by atoms with Crippen molar-refractivity contribution >= 4 is 0 Å². The van der Waals surface area contributed by atoms with Crippen LogP contribution in [0.3, 0.4) is 0 Å². The normalized spacial score (nSPS) is 19.2. The minimum absolute atomic E-state index is 0.301. The lowest BCUT2D eigenvalue weighted by Gasteiger charge is -2.22. The molecule has 1 aromatic carbocycles. The minimum Gasteiger partial charge on any atom is -0.497 e. The Balaban J connectivity index is 1.94. The van der Waals surface area contributed by atoms with Crippen LogP contribution in [0.2, 0.25) is 0 Å². The van der Waals surface area contributed by atoms with Crippen molar-refractivity contribution < 1.29 is 4.74 Å². The molecule has 1 aromatic rings. The van der Waals surface area contributed by atoms with E-state index in [4.69, 9.17) is 10.5 Å². The maximum absolute atomic E-state index is 6.40. The number of nitrogens with two attached hydrogens (primary N) is 1. The first kappa shape index (κ1) is 13.4. The van der Waals surface area contributed by atoms with Gasteiger partial charge in [0.05, 0.1) is 7.11 Å². The van der Waals surface area contributed by atoms with Crippen molar-refractivity contribution in [3.63, 3.8) is 0 Å². The van der Waals surface area contributed by atoms with Crippen molar-refractivity contribution in [2.24, 2.45) is 11.7 Å². The molecule has 2 N–H and O–H groups in total. The van der Waals surface area contributed by atoms with Gasteiger partial charge in [-0.3, -0.25) is 0 Å². The van der Waals surface area contributed by atoms with Crippen LogP contribution in [0.4, 0.5) is 0 Å². The third-order valence-electron chi connectivity index (χ3n) is 4.11. The van der Waals surface area contributed by atoms with E-state index < -0.39 is 0 Å². The number of hydrogen-bond acceptors (Lipinski definition) is 2. The van der Waals surface area contributed by atoms with Crippen LogP contribution in [0, 0.1) is 5.92 Å². The fourth-order valence-corrected chi connectivity index (χ4v) is 2.98. The molecule has 1 saturated carbocycles. The molecule has 18 heavy (non-hydrogen) atoms. The van der Waals surface area contributed by atoms with Crippen molar-refractivity contribution in [1.82, 2.24) is 0 Å². The number of ether oxygens (including phenoxy) is 1. The molecule has 1 aliphatic carbocycles. The van der Waals surface area contributed by atoms with Gasteiger partial charge in [0.2, 0.25) is 0 Å². The van der Waals surface area contributed by atoms with Crippen molar-refractivity contribution in [3.8, 4) is 5.75 Å². The number of benzene rings is 1. The standard InChI is InChI=1S/C16H25NO/c1-18-15-10-6-7-13(11-15)12-16(17)14-8-4-2-3-5-9-14/h6-7,10-11,14,16H,2-5,8-9,12,17H2,1H3. The van der Waals surface area contributed by atoms with Crippen LogP contribution < -0.4 is 10.5 Å². The van der Waals surface area contributed by atoms with Crippen molar-refractivity contribution in [1.29, 1.82) is 0 Å². The number of methoxy groups -OCH3 is 1. The van der Waals surface area contributed by atoms with E-state index in [0.717, 1.165) is 12.2 Å². The lowest BCUT2D eigenvalue weighted by molar-refractivity contribution is 0.371. The molecule has 1 unspecified atom stereocenters. The average Bonchev–Trinajstić information content (AvgIpc) is 2.68. The molecule has 0 aliphatic heterocycles. The highest BCUT2D eigenvalue weighted by atomic mass is 16.5. The first-order valence-corrected chi connectivity index (χ1v) is 7.18. The van der Waals surface area contributed by atoms with E-state index in [0.29, 0.717) is 12.0 Å². The largest absolute Gasteiger partial charge is 0.497 e. The van der Waals surface area contributed by atoms with E-state index in [1.807, 2.05) is 12.1 Å². The lowest BCUT2D eigenvalue weighted by Crippen LogP contribution is -2.32. The van der Waals surface area contributed by atoms with Gasteiger partial charge in [0.25, 0.3) is 0 Å². The predicted molar refractivity (Wildman–Crippen MR) is 75.9 cm³/mol. The van der Waals surface area contributed by atoms with Crippen LogP contribution in [-0.2, 0) is 6.42 Å². The third kappa shape index (κ3) is 3.74. The summed E-state index contributed by atoms with van der Waals surface area (Å²) in [5.74, 6) is 1.64. The molecule has 0 amide bonds. The highest BCUT2D eigenvalue weighted by molar-refractivity contribution is 5.29. The molecule has 1 atom stereocenters. The van der Waals surface area contributed by atoms with Crippen LogP contribution in [0.5, 0.6) is 5.75 Å². The Labute approximate surface area is 111 Å². The summed E-state index contributed by atoms with van der Waals surface area (Å²) in [6, 6.07) is 8.60. The molecule has 100 valence electrons. The second-order valence-electron chi connectivity index (χ2n) is 5.47. The summed E-state index contributed by atoms with van der Waals surface area (Å²) in [6.07, 6.45) is 9.09. The van der Waals surface area contributed by atoms with Gasteiger partial charge in [-0.2, -0.15) is 0 Å². The molecule has 0 saturated heterocycles. The van der Waals surface area contributed by atoms with Crippen LogP contribution >= 0.6 is 0 Å². The molecular weight excluding hydrogens is 222 g/mol. The molecule has 2 nitrogen and oxygen atoms in total. The van der Waals surface area contributed by atoms with E-state index >= 15 is 0 Å². The fourth-order valence-electron chi connectivity index (χ4n) is 2.98. The topological polar surface area (TPSA) is 35.2 Å². The first-order valence-electron chi connectivity index (χ1n) is 7.18. The molecule has 0 radical (unpaired) electrons. The quantitative estimate of drug-likeness (QED) is 0.826. The zero-order valence-corrected chi connectivity index (χ0v) is 11.4. The molecular formula is C16H25NO. The van der Waals surface area contributed by atoms with Crippen molar-refractivity contribution in [3.05, 3.63) is 29.8 Å². The average molecular weight is 247 g/mol. The SMILES string of the molecule is COc1cccc(CC(N)C2CCCCCC2)c1. The van der Waals surface area contributed by atoms with Gasteiger partial charge in [-0.05, 0) is 42.9 Å². The molecule has 2 heteroatoms. The van der Waals surface area contributed by atoms with Crippen molar-refractivity contribution in [2.75, 3.05) is 7.11 Å². The molecule has 1 aliphatic rings. The Hall–Kier alpha value is -1.02. The Morgan fingerprint density at radius 3 is 2.61 bits per heavy atom.